The van der Waals surface area contributed by atoms with Crippen molar-refractivity contribution in [1.82, 2.24) is 15.2 Å². The Hall–Kier alpha value is -2.64. The number of nitrogen functional groups attached to an aromatic ring is 1. The van der Waals surface area contributed by atoms with Crippen LogP contribution in [0.2, 0.25) is 0 Å². The van der Waals surface area contributed by atoms with Crippen LogP contribution in [0.3, 0.4) is 0 Å². The lowest BCUT2D eigenvalue weighted by atomic mass is 9.97. The summed E-state index contributed by atoms with van der Waals surface area (Å²) in [4.78, 5) is 48.3. The predicted molar refractivity (Wildman–Crippen MR) is 129 cm³/mol. The minimum atomic E-state index is -1.34. The van der Waals surface area contributed by atoms with Gasteiger partial charge in [0.15, 0.2) is 10.8 Å². The zero-order chi connectivity index (χ0) is 24.7. The first kappa shape index (κ1) is 24.1. The fourth-order valence-electron chi connectivity index (χ4n) is 5.98. The minimum Gasteiger partial charge on any atom is -0.543 e. The van der Waals surface area contributed by atoms with E-state index in [9.17, 15) is 19.5 Å². The Kier molecular flexibility index (Phi) is 6.49. The number of fused-ring (bicyclic) bond motifs is 2. The molecular weight excluding hydrogens is 492 g/mol. The Morgan fingerprint density at radius 1 is 1.34 bits per heavy atom. The number of thiazole rings is 1. The van der Waals surface area contributed by atoms with Crippen molar-refractivity contribution >= 4 is 51.7 Å². The number of carbonyl (C=O) groups is 3. The third kappa shape index (κ3) is 4.19. The summed E-state index contributed by atoms with van der Waals surface area (Å²) in [6.07, 6.45) is 5.88. The molecule has 0 bridgehead atoms. The number of nitrogens with two attached hydrogens (primary N) is 1. The normalized spacial score (nSPS) is 30.4. The summed E-state index contributed by atoms with van der Waals surface area (Å²) < 4.78 is 0.924. The largest absolute Gasteiger partial charge is 0.543 e. The van der Waals surface area contributed by atoms with Crippen LogP contribution in [0.5, 0.6) is 0 Å². The fourth-order valence-corrected chi connectivity index (χ4v) is 7.86. The number of carbonyl (C=O) groups excluding carboxylic acids is 3. The van der Waals surface area contributed by atoms with E-state index in [1.807, 2.05) is 0 Å². The highest BCUT2D eigenvalue weighted by Gasteiger charge is 2.54. The Morgan fingerprint density at radius 2 is 2.11 bits per heavy atom. The molecule has 3 fully saturated rings. The number of hydrogen-bond donors (Lipinski definition) is 2. The van der Waals surface area contributed by atoms with Gasteiger partial charge in [-0.15, -0.1) is 23.1 Å². The molecule has 13 heteroatoms. The molecule has 4 atom stereocenters. The summed E-state index contributed by atoms with van der Waals surface area (Å²) in [5.74, 6) is -1.97. The van der Waals surface area contributed by atoms with Crippen molar-refractivity contribution in [2.45, 2.75) is 49.6 Å². The molecule has 0 aromatic carbocycles. The van der Waals surface area contributed by atoms with Gasteiger partial charge in [0.05, 0.1) is 30.8 Å². The molecule has 2 unspecified atom stereocenters. The quantitative estimate of drug-likeness (QED) is 0.214. The number of β-lactam (4-membered cyclic amide) rings is 1. The van der Waals surface area contributed by atoms with Gasteiger partial charge >= 0.3 is 0 Å². The van der Waals surface area contributed by atoms with Crippen molar-refractivity contribution in [2.75, 3.05) is 38.2 Å². The number of carboxylic acid groups (broad SMARTS) is 1. The van der Waals surface area contributed by atoms with Gasteiger partial charge in [0.1, 0.15) is 30.8 Å². The molecule has 0 radical (unpaired) electrons. The molecule has 2 amide bonds. The van der Waals surface area contributed by atoms with E-state index >= 15 is 0 Å². The number of quaternary nitrogens is 1. The van der Waals surface area contributed by atoms with Crippen LogP contribution in [0, 0.1) is 0 Å². The van der Waals surface area contributed by atoms with Crippen LogP contribution < -0.4 is 16.2 Å². The van der Waals surface area contributed by atoms with E-state index in [0.717, 1.165) is 47.3 Å². The zero-order valence-electron chi connectivity index (χ0n) is 19.4. The second kappa shape index (κ2) is 9.43. The highest BCUT2D eigenvalue weighted by Crippen LogP contribution is 2.43. The number of nitrogens with zero attached hydrogens (tertiary/aromatic N) is 4. The molecule has 3 saturated heterocycles. The average molecular weight is 521 g/mol. The standard InChI is InChI=1S/C22H28N6O5S2/c1-33-26-15(14-11-35-22(23)24-14)18(29)25-16-19(30)27-17(21(31)32)12(10-34-20(16)27)9-28-7-3-2-5-13(28)6-4-8-28/h11,13,16,20H,2-10H2,1H3,(H3-,23,24,25,29,31,32)/b26-15-/t13?,16-,20-,28?/m1/s1. The monoisotopic (exact) mass is 520 g/mol. The lowest BCUT2D eigenvalue weighted by Gasteiger charge is -2.52. The number of carboxylic acids is 1. The van der Waals surface area contributed by atoms with Crippen LogP contribution in [-0.2, 0) is 19.2 Å². The van der Waals surface area contributed by atoms with Crippen molar-refractivity contribution in [2.24, 2.45) is 5.16 Å². The van der Waals surface area contributed by atoms with Gasteiger partial charge in [0.25, 0.3) is 11.8 Å². The number of nitrogens with one attached hydrogen (secondary N) is 1. The zero-order valence-corrected chi connectivity index (χ0v) is 21.0. The fraction of sp³-hybridized carbons (Fsp3) is 0.591. The van der Waals surface area contributed by atoms with E-state index in [1.54, 1.807) is 5.38 Å². The smallest absolute Gasteiger partial charge is 0.276 e. The molecule has 0 aliphatic carbocycles. The highest BCUT2D eigenvalue weighted by molar-refractivity contribution is 8.00. The third-order valence-electron chi connectivity index (χ3n) is 7.50. The molecule has 11 nitrogen and oxygen atoms in total. The Labute approximate surface area is 210 Å². The van der Waals surface area contributed by atoms with Crippen LogP contribution in [0.15, 0.2) is 21.8 Å². The van der Waals surface area contributed by atoms with E-state index in [0.29, 0.717) is 18.3 Å². The highest BCUT2D eigenvalue weighted by atomic mass is 32.2. The second-order valence-electron chi connectivity index (χ2n) is 9.41. The maximum Gasteiger partial charge on any atom is 0.276 e. The second-order valence-corrected chi connectivity index (χ2v) is 11.4. The maximum absolute atomic E-state index is 13.1. The summed E-state index contributed by atoms with van der Waals surface area (Å²) >= 11 is 2.62. The third-order valence-corrected chi connectivity index (χ3v) is 9.51. The molecule has 1 aromatic rings. The van der Waals surface area contributed by atoms with Crippen LogP contribution in [0.1, 0.15) is 37.8 Å². The van der Waals surface area contributed by atoms with Crippen molar-refractivity contribution in [1.29, 1.82) is 0 Å². The van der Waals surface area contributed by atoms with Crippen molar-refractivity contribution in [3.63, 3.8) is 0 Å². The van der Waals surface area contributed by atoms with Gasteiger partial charge < -0.3 is 30.3 Å². The van der Waals surface area contributed by atoms with Gasteiger partial charge in [0, 0.05) is 29.5 Å². The number of amides is 2. The van der Waals surface area contributed by atoms with Gasteiger partial charge in [0.2, 0.25) is 0 Å². The predicted octanol–water partition coefficient (Wildman–Crippen LogP) is -0.357. The topological polar surface area (TPSA) is 150 Å². The first-order chi connectivity index (χ1) is 16.8. The number of hydrogen-bond acceptors (Lipinski definition) is 10. The Morgan fingerprint density at radius 3 is 2.83 bits per heavy atom. The molecule has 4 aliphatic rings. The maximum atomic E-state index is 13.1. The van der Waals surface area contributed by atoms with Crippen molar-refractivity contribution in [3.05, 3.63) is 22.3 Å². The molecule has 35 heavy (non-hydrogen) atoms. The lowest BCUT2D eigenvalue weighted by Crippen LogP contribution is -2.72. The van der Waals surface area contributed by atoms with Crippen molar-refractivity contribution < 1.29 is 28.8 Å². The molecule has 4 aliphatic heterocycles. The number of oxime groups is 1. The van der Waals surface area contributed by atoms with Gasteiger partial charge in [-0.25, -0.2) is 4.98 Å². The molecule has 3 N–H and O–H groups in total. The molecule has 0 spiro atoms. The molecule has 1 aromatic heterocycles. The molecule has 188 valence electrons. The van der Waals surface area contributed by atoms with Crippen LogP contribution in [-0.4, -0.2) is 87.8 Å². The lowest BCUT2D eigenvalue weighted by molar-refractivity contribution is -0.939. The number of aliphatic carboxylic acids is 1. The SMILES string of the molecule is CO/N=C(\C(=O)N[C@@H]1C(=O)N2C(C(=O)[O-])=C(C[N+]34CCCCC3CCC4)CS[C@H]12)c1csc(N)n1. The number of anilines is 1. The minimum absolute atomic E-state index is 0.0222. The molecular formula is C22H28N6O5S2. The molecule has 5 rings (SSSR count). The summed E-state index contributed by atoms with van der Waals surface area (Å²) in [5.41, 5.74) is 6.53. The van der Waals surface area contributed by atoms with E-state index in [-0.39, 0.29) is 22.2 Å². The summed E-state index contributed by atoms with van der Waals surface area (Å²) in [5, 5.41) is 19.9. The number of piperidine rings is 1. The first-order valence-corrected chi connectivity index (χ1v) is 13.6. The number of rotatable bonds is 7. The summed E-state index contributed by atoms with van der Waals surface area (Å²) in [6.45, 7) is 2.75. The van der Waals surface area contributed by atoms with Gasteiger partial charge in [-0.1, -0.05) is 5.16 Å². The van der Waals surface area contributed by atoms with E-state index in [2.05, 4.69) is 15.5 Å². The van der Waals surface area contributed by atoms with Crippen LogP contribution in [0.25, 0.3) is 0 Å². The molecule has 5 heterocycles. The van der Waals surface area contributed by atoms with E-state index in [1.165, 1.54) is 43.0 Å². The average Bonchev–Trinajstić information content (AvgIpc) is 3.46. The van der Waals surface area contributed by atoms with Crippen LogP contribution >= 0.6 is 23.1 Å². The molecule has 0 saturated carbocycles. The number of thioether (sulfide) groups is 1. The van der Waals surface area contributed by atoms with Gasteiger partial charge in [-0.3, -0.25) is 14.5 Å². The first-order valence-electron chi connectivity index (χ1n) is 11.7. The van der Waals surface area contributed by atoms with Gasteiger partial charge in [-0.2, -0.15) is 0 Å². The Balaban J connectivity index is 1.35. The van der Waals surface area contributed by atoms with Crippen LogP contribution in [0.4, 0.5) is 5.13 Å². The van der Waals surface area contributed by atoms with E-state index in [4.69, 9.17) is 10.6 Å². The van der Waals surface area contributed by atoms with Crippen molar-refractivity contribution in [3.8, 4) is 0 Å². The number of aromatic nitrogens is 1. The summed E-state index contributed by atoms with van der Waals surface area (Å²) in [6, 6.07) is -0.317. The van der Waals surface area contributed by atoms with E-state index < -0.39 is 29.2 Å². The Bertz CT molecular complexity index is 1120. The summed E-state index contributed by atoms with van der Waals surface area (Å²) in [7, 11) is 1.30. The van der Waals surface area contributed by atoms with Gasteiger partial charge in [-0.05, 0) is 19.3 Å².